The number of likely N-dealkylation sites (tertiary alicyclic amines) is 1. The maximum atomic E-state index is 13.5. The summed E-state index contributed by atoms with van der Waals surface area (Å²) in [7, 11) is 0. The Balaban J connectivity index is 1.25. The van der Waals surface area contributed by atoms with Crippen LogP contribution in [0.2, 0.25) is 0 Å². The minimum Gasteiger partial charge on any atom is -0.454 e. The third-order valence-electron chi connectivity index (χ3n) is 5.38. The van der Waals surface area contributed by atoms with Crippen molar-refractivity contribution in [2.45, 2.75) is 25.7 Å². The molecule has 5 heteroatoms. The molecule has 2 aliphatic heterocycles. The van der Waals surface area contributed by atoms with Crippen LogP contribution in [0, 0.1) is 11.7 Å². The highest BCUT2D eigenvalue weighted by molar-refractivity contribution is 9.10. The number of piperidine rings is 1. The van der Waals surface area contributed by atoms with E-state index in [-0.39, 0.29) is 5.82 Å². The van der Waals surface area contributed by atoms with Gasteiger partial charge < -0.3 is 14.4 Å². The van der Waals surface area contributed by atoms with Crippen molar-refractivity contribution in [3.05, 3.63) is 57.8 Å². The highest BCUT2D eigenvalue weighted by Crippen LogP contribution is 2.33. The SMILES string of the molecule is Fc1ccc(Br)c(CC2CCN(CCc3ccc4c(c3)OCO4)CC2)c1. The van der Waals surface area contributed by atoms with Crippen molar-refractivity contribution in [1.82, 2.24) is 4.90 Å². The lowest BCUT2D eigenvalue weighted by atomic mass is 9.90. The first kappa shape index (κ1) is 17.8. The second-order valence-corrected chi connectivity index (χ2v) is 8.02. The molecule has 0 atom stereocenters. The molecule has 4 rings (SSSR count). The molecule has 1 fully saturated rings. The van der Waals surface area contributed by atoms with Crippen molar-refractivity contribution >= 4 is 15.9 Å². The summed E-state index contributed by atoms with van der Waals surface area (Å²) < 4.78 is 25.3. The zero-order valence-corrected chi connectivity index (χ0v) is 16.3. The smallest absolute Gasteiger partial charge is 0.231 e. The molecule has 2 heterocycles. The number of halogens is 2. The first-order valence-corrected chi connectivity index (χ1v) is 10.0. The Labute approximate surface area is 162 Å². The highest BCUT2D eigenvalue weighted by atomic mass is 79.9. The van der Waals surface area contributed by atoms with Crippen molar-refractivity contribution in [2.24, 2.45) is 5.92 Å². The first-order valence-electron chi connectivity index (χ1n) is 9.22. The lowest BCUT2D eigenvalue weighted by molar-refractivity contribution is 0.174. The molecule has 0 spiro atoms. The van der Waals surface area contributed by atoms with Crippen LogP contribution < -0.4 is 9.47 Å². The number of benzene rings is 2. The Morgan fingerprint density at radius 1 is 1.04 bits per heavy atom. The second kappa shape index (κ2) is 7.97. The van der Waals surface area contributed by atoms with Crippen molar-refractivity contribution in [3.63, 3.8) is 0 Å². The van der Waals surface area contributed by atoms with Crippen molar-refractivity contribution in [1.29, 1.82) is 0 Å². The molecule has 0 N–H and O–H groups in total. The summed E-state index contributed by atoms with van der Waals surface area (Å²) in [6.45, 7) is 3.62. The van der Waals surface area contributed by atoms with E-state index in [0.29, 0.717) is 12.7 Å². The molecule has 2 aromatic rings. The number of rotatable bonds is 5. The maximum Gasteiger partial charge on any atom is 0.231 e. The van der Waals surface area contributed by atoms with Gasteiger partial charge in [0.15, 0.2) is 11.5 Å². The highest BCUT2D eigenvalue weighted by Gasteiger charge is 2.20. The lowest BCUT2D eigenvalue weighted by Crippen LogP contribution is -2.35. The van der Waals surface area contributed by atoms with Gasteiger partial charge in [-0.2, -0.15) is 0 Å². The molecule has 0 unspecified atom stereocenters. The summed E-state index contributed by atoms with van der Waals surface area (Å²) in [5.74, 6) is 2.19. The van der Waals surface area contributed by atoms with E-state index < -0.39 is 0 Å². The predicted octanol–water partition coefficient (Wildman–Crippen LogP) is 4.81. The van der Waals surface area contributed by atoms with Gasteiger partial charge >= 0.3 is 0 Å². The second-order valence-electron chi connectivity index (χ2n) is 7.16. The zero-order chi connectivity index (χ0) is 17.9. The van der Waals surface area contributed by atoms with E-state index in [0.717, 1.165) is 54.0 Å². The van der Waals surface area contributed by atoms with Crippen LogP contribution in [0.25, 0.3) is 0 Å². The average molecular weight is 420 g/mol. The first-order chi connectivity index (χ1) is 12.7. The van der Waals surface area contributed by atoms with E-state index >= 15 is 0 Å². The average Bonchev–Trinajstić information content (AvgIpc) is 3.12. The Hall–Kier alpha value is -1.59. The standard InChI is InChI=1S/C21H23BrFNO2/c22-19-3-2-18(23)13-17(19)11-16-6-9-24(10-7-16)8-5-15-1-4-20-21(12-15)26-14-25-20/h1-4,12-13,16H,5-11,14H2. The Kier molecular flexibility index (Phi) is 5.46. The molecule has 3 nitrogen and oxygen atoms in total. The van der Waals surface area contributed by atoms with Crippen LogP contribution >= 0.6 is 15.9 Å². The topological polar surface area (TPSA) is 21.7 Å². The lowest BCUT2D eigenvalue weighted by Gasteiger charge is -2.32. The molecule has 0 radical (unpaired) electrons. The quantitative estimate of drug-likeness (QED) is 0.693. The summed E-state index contributed by atoms with van der Waals surface area (Å²) in [5.41, 5.74) is 2.38. The molecule has 26 heavy (non-hydrogen) atoms. The van der Waals surface area contributed by atoms with Gasteiger partial charge in [-0.25, -0.2) is 4.39 Å². The minimum absolute atomic E-state index is 0.149. The van der Waals surface area contributed by atoms with E-state index in [9.17, 15) is 4.39 Å². The van der Waals surface area contributed by atoms with E-state index in [1.807, 2.05) is 12.1 Å². The van der Waals surface area contributed by atoms with E-state index in [1.165, 1.54) is 24.5 Å². The fraction of sp³-hybridized carbons (Fsp3) is 0.429. The van der Waals surface area contributed by atoms with Crippen LogP contribution in [-0.2, 0) is 12.8 Å². The Bertz CT molecular complexity index is 775. The molecule has 138 valence electrons. The Morgan fingerprint density at radius 3 is 2.69 bits per heavy atom. The molecule has 0 aromatic heterocycles. The molecular weight excluding hydrogens is 397 g/mol. The summed E-state index contributed by atoms with van der Waals surface area (Å²) in [6, 6.07) is 11.2. The zero-order valence-electron chi connectivity index (χ0n) is 14.7. The minimum atomic E-state index is -0.149. The van der Waals surface area contributed by atoms with Crippen LogP contribution in [0.15, 0.2) is 40.9 Å². The van der Waals surface area contributed by atoms with Crippen LogP contribution in [0.5, 0.6) is 11.5 Å². The van der Waals surface area contributed by atoms with Crippen molar-refractivity contribution in [2.75, 3.05) is 26.4 Å². The van der Waals surface area contributed by atoms with Crippen LogP contribution in [-0.4, -0.2) is 31.3 Å². The van der Waals surface area contributed by atoms with Gasteiger partial charge in [-0.15, -0.1) is 0 Å². The molecule has 0 bridgehead atoms. The van der Waals surface area contributed by atoms with Gasteiger partial charge in [0.2, 0.25) is 6.79 Å². The van der Waals surface area contributed by atoms with Gasteiger partial charge in [0.05, 0.1) is 0 Å². The van der Waals surface area contributed by atoms with E-state index in [4.69, 9.17) is 9.47 Å². The largest absolute Gasteiger partial charge is 0.454 e. The number of hydrogen-bond donors (Lipinski definition) is 0. The molecule has 1 saturated heterocycles. The molecule has 0 saturated carbocycles. The van der Waals surface area contributed by atoms with Gasteiger partial charge in [0.1, 0.15) is 5.82 Å². The van der Waals surface area contributed by atoms with Crippen molar-refractivity contribution in [3.8, 4) is 11.5 Å². The molecule has 2 aliphatic rings. The molecule has 0 amide bonds. The summed E-state index contributed by atoms with van der Waals surface area (Å²) in [5, 5.41) is 0. The van der Waals surface area contributed by atoms with Crippen LogP contribution in [0.4, 0.5) is 4.39 Å². The summed E-state index contributed by atoms with van der Waals surface area (Å²) >= 11 is 3.54. The third-order valence-corrected chi connectivity index (χ3v) is 6.15. The van der Waals surface area contributed by atoms with E-state index in [1.54, 1.807) is 6.07 Å². The molecule has 2 aromatic carbocycles. The molecule has 0 aliphatic carbocycles. The van der Waals surface area contributed by atoms with E-state index in [2.05, 4.69) is 33.0 Å². The monoisotopic (exact) mass is 419 g/mol. The third kappa shape index (κ3) is 4.21. The number of nitrogens with zero attached hydrogens (tertiary/aromatic N) is 1. The maximum absolute atomic E-state index is 13.5. The molecular formula is C21H23BrFNO2. The Morgan fingerprint density at radius 2 is 1.85 bits per heavy atom. The fourth-order valence-electron chi connectivity index (χ4n) is 3.81. The number of fused-ring (bicyclic) bond motifs is 1. The van der Waals surface area contributed by atoms with Gasteiger partial charge in [-0.3, -0.25) is 0 Å². The van der Waals surface area contributed by atoms with Gasteiger partial charge in [-0.1, -0.05) is 22.0 Å². The number of hydrogen-bond acceptors (Lipinski definition) is 3. The summed E-state index contributed by atoms with van der Waals surface area (Å²) in [4.78, 5) is 2.53. The predicted molar refractivity (Wildman–Crippen MR) is 103 cm³/mol. The number of ether oxygens (including phenoxy) is 2. The van der Waals surface area contributed by atoms with Gasteiger partial charge in [0, 0.05) is 11.0 Å². The fourth-order valence-corrected chi connectivity index (χ4v) is 4.22. The van der Waals surface area contributed by atoms with Crippen LogP contribution in [0.3, 0.4) is 0 Å². The van der Waals surface area contributed by atoms with Crippen LogP contribution in [0.1, 0.15) is 24.0 Å². The van der Waals surface area contributed by atoms with Gasteiger partial charge in [0.25, 0.3) is 0 Å². The van der Waals surface area contributed by atoms with Gasteiger partial charge in [-0.05, 0) is 86.1 Å². The normalized spacial score (nSPS) is 17.6. The van der Waals surface area contributed by atoms with Crippen molar-refractivity contribution < 1.29 is 13.9 Å². The summed E-state index contributed by atoms with van der Waals surface area (Å²) in [6.07, 6.45) is 4.32.